The van der Waals surface area contributed by atoms with Gasteiger partial charge in [-0.3, -0.25) is 9.58 Å². The number of hydrogen-bond acceptors (Lipinski definition) is 8. The highest BCUT2D eigenvalue weighted by Crippen LogP contribution is 2.38. The molecule has 3 fully saturated rings. The predicted octanol–water partition coefficient (Wildman–Crippen LogP) is 4.62. The number of H-pyrrole nitrogens is 1. The molecule has 10 nitrogen and oxygen atoms in total. The number of aromatic hydroxyl groups is 1. The molecule has 0 spiro atoms. The Morgan fingerprint density at radius 3 is 2.66 bits per heavy atom. The molecule has 11 heteroatoms. The Kier molecular flexibility index (Phi) is 7.24. The first-order valence-electron chi connectivity index (χ1n) is 14.9. The summed E-state index contributed by atoms with van der Waals surface area (Å²) >= 11 is 0. The summed E-state index contributed by atoms with van der Waals surface area (Å²) in [5, 5.41) is 25.5. The number of nitrogens with one attached hydrogen (secondary N) is 1. The Balaban J connectivity index is 1.09. The molecule has 5 aromatic rings. The lowest BCUT2D eigenvalue weighted by Crippen LogP contribution is -2.68. The van der Waals surface area contributed by atoms with E-state index in [4.69, 9.17) is 4.98 Å². The van der Waals surface area contributed by atoms with Gasteiger partial charge in [0.2, 0.25) is 0 Å². The number of piperidine rings is 1. The number of piperazine rings is 1. The van der Waals surface area contributed by atoms with E-state index in [-0.39, 0.29) is 11.6 Å². The van der Waals surface area contributed by atoms with Gasteiger partial charge in [0.15, 0.2) is 0 Å². The van der Waals surface area contributed by atoms with Gasteiger partial charge in [-0.1, -0.05) is 0 Å². The molecule has 2 unspecified atom stereocenters. The number of nitrogens with zero attached hydrogens (tertiary/aromatic N) is 8. The summed E-state index contributed by atoms with van der Waals surface area (Å²) in [6.07, 6.45) is 9.43. The standard InChI is InChI=1S/C33H34FN9O/c1-40(2)8-3-9-42-17-24(16-38-42)29-12-28-32(23(13-35)15-37-33(28)39-29)21-4-7-31(36-14-21)41-19-26-11-27(20-41)43(26)18-22-10-25(34)5-6-30(22)44/h4-7,10,12,14-17,26-27,44H,3,8-9,11,18-20H2,1-2H3,(H,37,39). The molecule has 224 valence electrons. The van der Waals surface area contributed by atoms with Crippen LogP contribution in [-0.2, 0) is 13.1 Å². The number of aromatic amines is 1. The molecule has 4 aromatic heterocycles. The largest absolute Gasteiger partial charge is 0.508 e. The quantitative estimate of drug-likeness (QED) is 0.255. The summed E-state index contributed by atoms with van der Waals surface area (Å²) in [6.45, 7) is 3.99. The van der Waals surface area contributed by atoms with Crippen molar-refractivity contribution in [3.05, 3.63) is 78.1 Å². The van der Waals surface area contributed by atoms with Gasteiger partial charge in [-0.05, 0) is 69.9 Å². The maximum absolute atomic E-state index is 13.7. The second-order valence-corrected chi connectivity index (χ2v) is 12.1. The third-order valence-corrected chi connectivity index (χ3v) is 8.81. The minimum Gasteiger partial charge on any atom is -0.508 e. The Hall–Kier alpha value is -4.79. The molecular weight excluding hydrogens is 557 g/mol. The minimum absolute atomic E-state index is 0.132. The first-order chi connectivity index (χ1) is 21.4. The van der Waals surface area contributed by atoms with Crippen LogP contribution in [0.1, 0.15) is 24.0 Å². The van der Waals surface area contributed by atoms with Crippen LogP contribution in [0.2, 0.25) is 0 Å². The van der Waals surface area contributed by atoms with Crippen molar-refractivity contribution in [2.45, 2.75) is 38.0 Å². The number of phenols is 1. The van der Waals surface area contributed by atoms with Crippen LogP contribution in [-0.4, -0.2) is 85.5 Å². The third-order valence-electron chi connectivity index (χ3n) is 8.81. The minimum atomic E-state index is -0.335. The summed E-state index contributed by atoms with van der Waals surface area (Å²) in [6, 6.07) is 13.1. The number of aryl methyl sites for hydroxylation is 1. The number of rotatable bonds is 9. The Bertz CT molecular complexity index is 1840. The second-order valence-electron chi connectivity index (χ2n) is 12.1. The van der Waals surface area contributed by atoms with Gasteiger partial charge < -0.3 is 19.9 Å². The van der Waals surface area contributed by atoms with Gasteiger partial charge in [-0.15, -0.1) is 0 Å². The van der Waals surface area contributed by atoms with Gasteiger partial charge >= 0.3 is 0 Å². The summed E-state index contributed by atoms with van der Waals surface area (Å²) in [5.74, 6) is 0.684. The highest BCUT2D eigenvalue weighted by atomic mass is 19.1. The van der Waals surface area contributed by atoms with Crippen LogP contribution in [0.15, 0.2) is 61.2 Å². The normalized spacial score (nSPS) is 18.1. The molecule has 8 rings (SSSR count). The SMILES string of the molecule is CN(C)CCCn1cc(-c2cc3c(-c4ccc(N5CC6CC(C5)N6Cc5cc(F)ccc5O)nc4)c(C#N)cnc3[nH]2)cn1. The molecule has 3 aliphatic rings. The van der Waals surface area contributed by atoms with Gasteiger partial charge in [0, 0.05) is 84.5 Å². The van der Waals surface area contributed by atoms with E-state index in [0.717, 1.165) is 72.6 Å². The first-order valence-corrected chi connectivity index (χ1v) is 14.9. The Labute approximate surface area is 255 Å². The van der Waals surface area contributed by atoms with E-state index in [1.807, 2.05) is 41.5 Å². The second kappa shape index (κ2) is 11.4. The van der Waals surface area contributed by atoms with Crippen LogP contribution in [0.3, 0.4) is 0 Å². The molecule has 0 aliphatic carbocycles. The van der Waals surface area contributed by atoms with Gasteiger partial charge in [-0.2, -0.15) is 10.4 Å². The van der Waals surface area contributed by atoms with E-state index in [1.54, 1.807) is 6.20 Å². The number of benzene rings is 1. The van der Waals surface area contributed by atoms with Crippen molar-refractivity contribution >= 4 is 16.9 Å². The molecule has 0 saturated carbocycles. The van der Waals surface area contributed by atoms with Crippen LogP contribution < -0.4 is 4.90 Å². The molecule has 2 N–H and O–H groups in total. The summed E-state index contributed by atoms with van der Waals surface area (Å²) in [4.78, 5) is 19.5. The number of anilines is 1. The van der Waals surface area contributed by atoms with Gasteiger partial charge in [0.25, 0.3) is 0 Å². The van der Waals surface area contributed by atoms with E-state index >= 15 is 0 Å². The molecule has 0 radical (unpaired) electrons. The van der Waals surface area contributed by atoms with Crippen LogP contribution >= 0.6 is 0 Å². The maximum Gasteiger partial charge on any atom is 0.138 e. The highest BCUT2D eigenvalue weighted by molar-refractivity contribution is 5.98. The van der Waals surface area contributed by atoms with Crippen molar-refractivity contribution in [1.82, 2.24) is 34.5 Å². The zero-order valence-electron chi connectivity index (χ0n) is 24.8. The molecule has 1 aromatic carbocycles. The lowest BCUT2D eigenvalue weighted by molar-refractivity contribution is -0.00921. The molecule has 2 bridgehead atoms. The first kappa shape index (κ1) is 28.0. The van der Waals surface area contributed by atoms with E-state index in [0.29, 0.717) is 35.4 Å². The van der Waals surface area contributed by atoms with E-state index in [1.165, 1.54) is 18.2 Å². The number of halogens is 1. The van der Waals surface area contributed by atoms with Crippen molar-refractivity contribution in [3.63, 3.8) is 0 Å². The zero-order valence-corrected chi connectivity index (χ0v) is 24.8. The molecule has 3 aliphatic heterocycles. The average Bonchev–Trinajstić information content (AvgIpc) is 3.68. The number of pyridine rings is 2. The van der Waals surface area contributed by atoms with Crippen LogP contribution in [0.25, 0.3) is 33.4 Å². The van der Waals surface area contributed by atoms with E-state index in [2.05, 4.69) is 49.9 Å². The molecule has 7 heterocycles. The average molecular weight is 592 g/mol. The maximum atomic E-state index is 13.7. The third kappa shape index (κ3) is 5.27. The lowest BCUT2D eigenvalue weighted by Gasteiger charge is -2.56. The van der Waals surface area contributed by atoms with E-state index < -0.39 is 0 Å². The topological polar surface area (TPSA) is 113 Å². The van der Waals surface area contributed by atoms with Gasteiger partial charge in [0.1, 0.15) is 29.1 Å². The number of fused-ring (bicyclic) bond motifs is 3. The summed E-state index contributed by atoms with van der Waals surface area (Å²) in [7, 11) is 4.13. The smallest absolute Gasteiger partial charge is 0.138 e. The fourth-order valence-electron chi connectivity index (χ4n) is 6.53. The van der Waals surface area contributed by atoms with Crippen LogP contribution in [0.5, 0.6) is 5.75 Å². The monoisotopic (exact) mass is 591 g/mol. The summed E-state index contributed by atoms with van der Waals surface area (Å²) in [5.41, 5.74) is 5.35. The zero-order chi connectivity index (χ0) is 30.4. The Morgan fingerprint density at radius 2 is 1.91 bits per heavy atom. The fourth-order valence-corrected chi connectivity index (χ4v) is 6.53. The number of aromatic nitrogens is 5. The van der Waals surface area contributed by atoms with E-state index in [9.17, 15) is 14.8 Å². The van der Waals surface area contributed by atoms with Crippen molar-refractivity contribution in [2.24, 2.45) is 0 Å². The predicted molar refractivity (Wildman–Crippen MR) is 166 cm³/mol. The summed E-state index contributed by atoms with van der Waals surface area (Å²) < 4.78 is 15.7. The van der Waals surface area contributed by atoms with Crippen molar-refractivity contribution in [1.29, 1.82) is 5.26 Å². The Morgan fingerprint density at radius 1 is 1.07 bits per heavy atom. The molecule has 0 amide bonds. The van der Waals surface area contributed by atoms with Gasteiger partial charge in [0.05, 0.1) is 17.5 Å². The van der Waals surface area contributed by atoms with Crippen LogP contribution in [0.4, 0.5) is 10.2 Å². The number of hydrogen-bond donors (Lipinski definition) is 2. The van der Waals surface area contributed by atoms with Crippen molar-refractivity contribution < 1.29 is 9.50 Å². The molecular formula is C33H34FN9O. The van der Waals surface area contributed by atoms with Crippen LogP contribution in [0, 0.1) is 17.1 Å². The molecule has 44 heavy (non-hydrogen) atoms. The van der Waals surface area contributed by atoms with Crippen molar-refractivity contribution in [2.75, 3.05) is 38.6 Å². The molecule has 2 atom stereocenters. The van der Waals surface area contributed by atoms with Crippen molar-refractivity contribution in [3.8, 4) is 34.2 Å². The van der Waals surface area contributed by atoms with Gasteiger partial charge in [-0.25, -0.2) is 14.4 Å². The fraction of sp³-hybridized carbons (Fsp3) is 0.333. The molecule has 3 saturated heterocycles. The lowest BCUT2D eigenvalue weighted by atomic mass is 9.86. The number of nitriles is 1. The number of phenolic OH excluding ortho intramolecular Hbond substituents is 1. The highest BCUT2D eigenvalue weighted by Gasteiger charge is 2.45.